The predicted octanol–water partition coefficient (Wildman–Crippen LogP) is 2.44. The van der Waals surface area contributed by atoms with Crippen molar-refractivity contribution in [3.8, 4) is 11.5 Å². The van der Waals surface area contributed by atoms with Gasteiger partial charge in [-0.2, -0.15) is 9.50 Å². The average molecular weight is 323 g/mol. The van der Waals surface area contributed by atoms with Gasteiger partial charge >= 0.3 is 0 Å². The van der Waals surface area contributed by atoms with Crippen molar-refractivity contribution in [2.75, 3.05) is 18.5 Å². The Morgan fingerprint density at radius 2 is 1.96 bits per heavy atom. The Balaban J connectivity index is 1.62. The fraction of sp³-hybridized carbons (Fsp3) is 0.353. The predicted molar refractivity (Wildman–Crippen MR) is 88.3 cm³/mol. The number of anilines is 2. The second kappa shape index (κ2) is 5.09. The summed E-state index contributed by atoms with van der Waals surface area (Å²) in [4.78, 5) is 9.07. The third-order valence-corrected chi connectivity index (χ3v) is 4.42. The Morgan fingerprint density at radius 3 is 2.88 bits per heavy atom. The minimum Gasteiger partial charge on any atom is -0.486 e. The normalized spacial score (nSPS) is 15.5. The first-order chi connectivity index (χ1) is 11.8. The summed E-state index contributed by atoms with van der Waals surface area (Å²) in [6.45, 7) is 3.05. The van der Waals surface area contributed by atoms with Crippen LogP contribution in [-0.2, 0) is 12.8 Å². The van der Waals surface area contributed by atoms with E-state index in [0.717, 1.165) is 53.8 Å². The second-order valence-electron chi connectivity index (χ2n) is 6.09. The fourth-order valence-electron chi connectivity index (χ4n) is 3.37. The molecule has 3 heterocycles. The first kappa shape index (κ1) is 13.6. The number of rotatable bonds is 2. The van der Waals surface area contributed by atoms with Gasteiger partial charge < -0.3 is 14.8 Å². The van der Waals surface area contributed by atoms with Crippen molar-refractivity contribution < 1.29 is 9.47 Å². The maximum atomic E-state index is 5.67. The molecule has 7 nitrogen and oxygen atoms in total. The van der Waals surface area contributed by atoms with Gasteiger partial charge in [-0.1, -0.05) is 0 Å². The first-order valence-corrected chi connectivity index (χ1v) is 8.20. The van der Waals surface area contributed by atoms with Crippen LogP contribution in [0.15, 0.2) is 18.2 Å². The van der Waals surface area contributed by atoms with Crippen molar-refractivity contribution in [1.82, 2.24) is 19.6 Å². The molecule has 0 fully saturated rings. The lowest BCUT2D eigenvalue weighted by molar-refractivity contribution is 0.171. The number of fused-ring (bicyclic) bond motifs is 3. The summed E-state index contributed by atoms with van der Waals surface area (Å²) in [5, 5.41) is 7.99. The maximum absolute atomic E-state index is 5.67. The van der Waals surface area contributed by atoms with Crippen LogP contribution in [0.1, 0.15) is 23.5 Å². The second-order valence-corrected chi connectivity index (χ2v) is 6.09. The van der Waals surface area contributed by atoms with E-state index in [9.17, 15) is 0 Å². The summed E-state index contributed by atoms with van der Waals surface area (Å²) in [5.41, 5.74) is 3.28. The molecule has 24 heavy (non-hydrogen) atoms. The molecular formula is C17H17N5O2. The lowest BCUT2D eigenvalue weighted by Crippen LogP contribution is -2.15. The fourth-order valence-corrected chi connectivity index (χ4v) is 3.37. The van der Waals surface area contributed by atoms with E-state index in [4.69, 9.17) is 9.47 Å². The summed E-state index contributed by atoms with van der Waals surface area (Å²) in [6, 6.07) is 5.89. The van der Waals surface area contributed by atoms with Crippen LogP contribution in [0.3, 0.4) is 0 Å². The number of hydrogen-bond donors (Lipinski definition) is 1. The summed E-state index contributed by atoms with van der Waals surface area (Å²) in [5.74, 6) is 3.87. The van der Waals surface area contributed by atoms with Crippen molar-refractivity contribution in [2.45, 2.75) is 26.2 Å². The van der Waals surface area contributed by atoms with E-state index in [2.05, 4.69) is 20.4 Å². The molecule has 0 spiro atoms. The first-order valence-electron chi connectivity index (χ1n) is 8.20. The topological polar surface area (TPSA) is 73.6 Å². The molecule has 0 atom stereocenters. The molecule has 122 valence electrons. The third kappa shape index (κ3) is 2.08. The van der Waals surface area contributed by atoms with Gasteiger partial charge in [-0.25, -0.2) is 4.98 Å². The number of nitrogens with one attached hydrogen (secondary N) is 1. The molecule has 0 unspecified atom stereocenters. The minimum atomic E-state index is 0.577. The lowest BCUT2D eigenvalue weighted by Gasteiger charge is -2.19. The van der Waals surface area contributed by atoms with E-state index in [1.54, 1.807) is 4.52 Å². The van der Waals surface area contributed by atoms with Crippen LogP contribution in [-0.4, -0.2) is 32.8 Å². The molecule has 1 aliphatic carbocycles. The third-order valence-electron chi connectivity index (χ3n) is 4.42. The molecule has 1 aromatic carbocycles. The largest absolute Gasteiger partial charge is 0.486 e. The Kier molecular flexibility index (Phi) is 2.88. The quantitative estimate of drug-likeness (QED) is 0.781. The maximum Gasteiger partial charge on any atom is 0.254 e. The summed E-state index contributed by atoms with van der Waals surface area (Å²) in [7, 11) is 0. The molecule has 0 bridgehead atoms. The number of benzene rings is 1. The van der Waals surface area contributed by atoms with Crippen LogP contribution in [0, 0.1) is 6.92 Å². The molecule has 5 rings (SSSR count). The monoisotopic (exact) mass is 323 g/mol. The van der Waals surface area contributed by atoms with Gasteiger partial charge in [-0.15, -0.1) is 5.10 Å². The molecule has 2 aliphatic rings. The lowest BCUT2D eigenvalue weighted by atomic mass is 10.2. The average Bonchev–Trinajstić information content (AvgIpc) is 3.20. The molecule has 0 amide bonds. The standard InChI is InChI=1S/C17H17N5O2/c1-10-18-17-20-13-4-2-3-12(13)16(22(17)21-10)19-11-5-6-14-15(9-11)24-8-7-23-14/h5-6,9,19H,2-4,7-8H2,1H3. The van der Waals surface area contributed by atoms with E-state index in [1.165, 1.54) is 5.56 Å². The highest BCUT2D eigenvalue weighted by molar-refractivity contribution is 5.66. The summed E-state index contributed by atoms with van der Waals surface area (Å²) >= 11 is 0. The van der Waals surface area contributed by atoms with Gasteiger partial charge in [0.1, 0.15) is 24.9 Å². The van der Waals surface area contributed by atoms with E-state index in [0.29, 0.717) is 19.0 Å². The van der Waals surface area contributed by atoms with Crippen LogP contribution >= 0.6 is 0 Å². The molecule has 1 aliphatic heterocycles. The van der Waals surface area contributed by atoms with Gasteiger partial charge in [0, 0.05) is 17.3 Å². The van der Waals surface area contributed by atoms with Gasteiger partial charge in [0.2, 0.25) is 0 Å². The minimum absolute atomic E-state index is 0.577. The Labute approximate surface area is 138 Å². The molecule has 0 saturated heterocycles. The number of aromatic nitrogens is 4. The zero-order valence-electron chi connectivity index (χ0n) is 13.4. The van der Waals surface area contributed by atoms with Crippen molar-refractivity contribution in [1.29, 1.82) is 0 Å². The molecule has 0 radical (unpaired) electrons. The number of hydrogen-bond acceptors (Lipinski definition) is 6. The zero-order valence-corrected chi connectivity index (χ0v) is 13.4. The highest BCUT2D eigenvalue weighted by Gasteiger charge is 2.22. The molecule has 2 aromatic heterocycles. The van der Waals surface area contributed by atoms with Crippen LogP contribution in [0.5, 0.6) is 11.5 Å². The van der Waals surface area contributed by atoms with Crippen molar-refractivity contribution in [3.63, 3.8) is 0 Å². The van der Waals surface area contributed by atoms with E-state index >= 15 is 0 Å². The van der Waals surface area contributed by atoms with E-state index in [1.807, 2.05) is 25.1 Å². The Morgan fingerprint density at radius 1 is 1.08 bits per heavy atom. The molecular weight excluding hydrogens is 306 g/mol. The zero-order chi connectivity index (χ0) is 16.1. The van der Waals surface area contributed by atoms with Crippen molar-refractivity contribution in [2.24, 2.45) is 0 Å². The SMILES string of the molecule is Cc1nc2nc3c(c(Nc4ccc5c(c4)OCCO5)n2n1)CCC3. The van der Waals surface area contributed by atoms with Crippen LogP contribution in [0.4, 0.5) is 11.5 Å². The van der Waals surface area contributed by atoms with Crippen molar-refractivity contribution in [3.05, 3.63) is 35.3 Å². The Hall–Kier alpha value is -2.83. The summed E-state index contributed by atoms with van der Waals surface area (Å²) in [6.07, 6.45) is 3.11. The summed E-state index contributed by atoms with van der Waals surface area (Å²) < 4.78 is 13.1. The molecule has 1 N–H and O–H groups in total. The molecule has 7 heteroatoms. The number of ether oxygens (including phenoxy) is 2. The van der Waals surface area contributed by atoms with Gasteiger partial charge in [0.05, 0.1) is 5.69 Å². The van der Waals surface area contributed by atoms with Crippen LogP contribution in [0.25, 0.3) is 5.78 Å². The van der Waals surface area contributed by atoms with E-state index < -0.39 is 0 Å². The number of aryl methyl sites for hydroxylation is 2. The van der Waals surface area contributed by atoms with Crippen molar-refractivity contribution >= 4 is 17.3 Å². The smallest absolute Gasteiger partial charge is 0.254 e. The highest BCUT2D eigenvalue weighted by atomic mass is 16.6. The van der Waals surface area contributed by atoms with E-state index in [-0.39, 0.29) is 0 Å². The van der Waals surface area contributed by atoms with Gasteiger partial charge in [-0.3, -0.25) is 0 Å². The van der Waals surface area contributed by atoms with Gasteiger partial charge in [-0.05, 0) is 38.3 Å². The van der Waals surface area contributed by atoms with Crippen LogP contribution < -0.4 is 14.8 Å². The molecule has 3 aromatic rings. The van der Waals surface area contributed by atoms with Gasteiger partial charge in [0.25, 0.3) is 5.78 Å². The number of nitrogens with zero attached hydrogens (tertiary/aromatic N) is 4. The highest BCUT2D eigenvalue weighted by Crippen LogP contribution is 2.35. The van der Waals surface area contributed by atoms with Crippen LogP contribution in [0.2, 0.25) is 0 Å². The Bertz CT molecular complexity index is 950. The van der Waals surface area contributed by atoms with Gasteiger partial charge in [0.15, 0.2) is 11.5 Å². The molecule has 0 saturated carbocycles.